The summed E-state index contributed by atoms with van der Waals surface area (Å²) in [7, 11) is 0. The third-order valence-electron chi connectivity index (χ3n) is 3.36. The van der Waals surface area contributed by atoms with Crippen LogP contribution in [0, 0.1) is 0 Å². The lowest BCUT2D eigenvalue weighted by molar-refractivity contribution is 0.0953. The molecule has 0 saturated heterocycles. The Kier molecular flexibility index (Phi) is 10.2. The van der Waals surface area contributed by atoms with Crippen molar-refractivity contribution in [2.45, 2.75) is 19.9 Å². The molecular weight excluding hydrogens is 447 g/mol. The Bertz CT molecular complexity index is 690. The number of guanidine groups is 1. The van der Waals surface area contributed by atoms with Crippen molar-refractivity contribution >= 4 is 35.8 Å². The van der Waals surface area contributed by atoms with Crippen molar-refractivity contribution in [3.05, 3.63) is 54.0 Å². The molecule has 142 valence electrons. The summed E-state index contributed by atoms with van der Waals surface area (Å²) in [6.45, 7) is 4.43. The number of phenolic OH excluding ortho intramolecular Hbond substituents is 1. The van der Waals surface area contributed by atoms with Crippen molar-refractivity contribution in [2.75, 3.05) is 19.6 Å². The van der Waals surface area contributed by atoms with E-state index in [2.05, 4.69) is 20.9 Å². The molecular formula is C18H25IN4O3. The van der Waals surface area contributed by atoms with Crippen molar-refractivity contribution in [3.8, 4) is 5.75 Å². The van der Waals surface area contributed by atoms with Gasteiger partial charge in [0.05, 0.1) is 6.26 Å². The highest BCUT2D eigenvalue weighted by molar-refractivity contribution is 14.0. The molecule has 8 heteroatoms. The first-order valence-corrected chi connectivity index (χ1v) is 8.31. The zero-order valence-electron chi connectivity index (χ0n) is 14.7. The van der Waals surface area contributed by atoms with Gasteiger partial charge in [-0.15, -0.1) is 24.0 Å². The van der Waals surface area contributed by atoms with Crippen LogP contribution in [0.4, 0.5) is 0 Å². The van der Waals surface area contributed by atoms with Gasteiger partial charge in [-0.3, -0.25) is 4.79 Å². The third-order valence-corrected chi connectivity index (χ3v) is 3.36. The summed E-state index contributed by atoms with van der Waals surface area (Å²) in [5, 5.41) is 18.6. The quantitative estimate of drug-likeness (QED) is 0.205. The summed E-state index contributed by atoms with van der Waals surface area (Å²) in [5.41, 5.74) is 0.446. The monoisotopic (exact) mass is 472 g/mol. The fourth-order valence-electron chi connectivity index (χ4n) is 2.15. The summed E-state index contributed by atoms with van der Waals surface area (Å²) in [5.74, 6) is 1.39. The number of aliphatic imine (C=N–C) groups is 1. The van der Waals surface area contributed by atoms with E-state index < -0.39 is 0 Å². The maximum Gasteiger partial charge on any atom is 0.251 e. The molecule has 4 N–H and O–H groups in total. The van der Waals surface area contributed by atoms with Gasteiger partial charge in [0.2, 0.25) is 0 Å². The second-order valence-corrected chi connectivity index (χ2v) is 5.36. The number of nitrogens with one attached hydrogen (secondary N) is 3. The molecule has 2 aromatic rings. The summed E-state index contributed by atoms with van der Waals surface area (Å²) < 4.78 is 5.25. The molecule has 2 rings (SSSR count). The number of amides is 1. The fourth-order valence-corrected chi connectivity index (χ4v) is 2.15. The number of halogens is 1. The van der Waals surface area contributed by atoms with E-state index >= 15 is 0 Å². The number of rotatable bonds is 8. The number of phenols is 1. The van der Waals surface area contributed by atoms with Gasteiger partial charge in [0.1, 0.15) is 18.1 Å². The molecule has 0 bridgehead atoms. The summed E-state index contributed by atoms with van der Waals surface area (Å²) >= 11 is 0. The Hall–Kier alpha value is -2.23. The number of hydrogen-bond donors (Lipinski definition) is 4. The Labute approximate surface area is 170 Å². The van der Waals surface area contributed by atoms with Gasteiger partial charge in [0.25, 0.3) is 5.91 Å². The molecule has 7 nitrogen and oxygen atoms in total. The number of hydrogen-bond acceptors (Lipinski definition) is 4. The SMILES string of the molecule is CCNC(=NCc1ccco1)NCCCNC(=O)c1cccc(O)c1.I. The smallest absolute Gasteiger partial charge is 0.251 e. The average Bonchev–Trinajstić information content (AvgIpc) is 3.12. The lowest BCUT2D eigenvalue weighted by Gasteiger charge is -2.11. The van der Waals surface area contributed by atoms with E-state index in [4.69, 9.17) is 4.42 Å². The Morgan fingerprint density at radius 1 is 1.15 bits per heavy atom. The zero-order chi connectivity index (χ0) is 17.9. The Balaban J connectivity index is 0.00000338. The highest BCUT2D eigenvalue weighted by Gasteiger charge is 2.05. The lowest BCUT2D eigenvalue weighted by atomic mass is 10.2. The molecule has 0 unspecified atom stereocenters. The van der Waals surface area contributed by atoms with Crippen LogP contribution < -0.4 is 16.0 Å². The summed E-state index contributed by atoms with van der Waals surface area (Å²) in [6, 6.07) is 10.00. The predicted octanol–water partition coefficient (Wildman–Crippen LogP) is 2.48. The standard InChI is InChI=1S/C18H24N4O3.HI/c1-2-19-18(22-13-16-8-4-11-25-16)21-10-5-9-20-17(24)14-6-3-7-15(23)12-14;/h3-4,6-8,11-12,23H,2,5,9-10,13H2,1H3,(H,20,24)(H2,19,21,22);1H. The Morgan fingerprint density at radius 2 is 1.96 bits per heavy atom. The van der Waals surface area contributed by atoms with Gasteiger partial charge in [0.15, 0.2) is 5.96 Å². The molecule has 0 aliphatic heterocycles. The second-order valence-electron chi connectivity index (χ2n) is 5.36. The van der Waals surface area contributed by atoms with Crippen molar-refractivity contribution < 1.29 is 14.3 Å². The van der Waals surface area contributed by atoms with Gasteiger partial charge in [-0.2, -0.15) is 0 Å². The van der Waals surface area contributed by atoms with Crippen LogP contribution in [0.1, 0.15) is 29.5 Å². The van der Waals surface area contributed by atoms with E-state index in [0.717, 1.165) is 18.7 Å². The van der Waals surface area contributed by atoms with Crippen LogP contribution in [-0.4, -0.2) is 36.6 Å². The largest absolute Gasteiger partial charge is 0.508 e. The van der Waals surface area contributed by atoms with E-state index in [0.29, 0.717) is 31.2 Å². The van der Waals surface area contributed by atoms with Gasteiger partial charge in [-0.1, -0.05) is 6.07 Å². The molecule has 1 aromatic heterocycles. The zero-order valence-corrected chi connectivity index (χ0v) is 17.0. The molecule has 0 aliphatic rings. The van der Waals surface area contributed by atoms with E-state index in [1.165, 1.54) is 12.1 Å². The van der Waals surface area contributed by atoms with Crippen LogP contribution in [0.15, 0.2) is 52.1 Å². The minimum absolute atomic E-state index is 0. The second kappa shape index (κ2) is 12.2. The van der Waals surface area contributed by atoms with E-state index in [1.54, 1.807) is 18.4 Å². The van der Waals surface area contributed by atoms with Crippen molar-refractivity contribution in [3.63, 3.8) is 0 Å². The number of carbonyl (C=O) groups excluding carboxylic acids is 1. The van der Waals surface area contributed by atoms with Gasteiger partial charge in [-0.25, -0.2) is 4.99 Å². The minimum atomic E-state index is -0.200. The molecule has 0 atom stereocenters. The van der Waals surface area contributed by atoms with E-state index in [9.17, 15) is 9.90 Å². The van der Waals surface area contributed by atoms with Crippen LogP contribution >= 0.6 is 24.0 Å². The molecule has 0 fully saturated rings. The first-order valence-electron chi connectivity index (χ1n) is 8.31. The molecule has 26 heavy (non-hydrogen) atoms. The van der Waals surface area contributed by atoms with Crippen LogP contribution in [0.2, 0.25) is 0 Å². The molecule has 0 radical (unpaired) electrons. The molecule has 1 heterocycles. The fraction of sp³-hybridized carbons (Fsp3) is 0.333. The molecule has 1 aromatic carbocycles. The normalized spacial score (nSPS) is 10.7. The average molecular weight is 472 g/mol. The highest BCUT2D eigenvalue weighted by Crippen LogP contribution is 2.10. The van der Waals surface area contributed by atoms with Crippen LogP contribution in [0.5, 0.6) is 5.75 Å². The molecule has 1 amide bonds. The van der Waals surface area contributed by atoms with Gasteiger partial charge in [0, 0.05) is 25.2 Å². The van der Waals surface area contributed by atoms with Gasteiger partial charge in [-0.05, 0) is 43.7 Å². The van der Waals surface area contributed by atoms with Crippen molar-refractivity contribution in [1.82, 2.24) is 16.0 Å². The number of aromatic hydroxyl groups is 1. The van der Waals surface area contributed by atoms with Crippen molar-refractivity contribution in [2.24, 2.45) is 4.99 Å². The third kappa shape index (κ3) is 7.77. The van der Waals surface area contributed by atoms with Crippen molar-refractivity contribution in [1.29, 1.82) is 0 Å². The first kappa shape index (κ1) is 21.8. The van der Waals surface area contributed by atoms with Gasteiger partial charge >= 0.3 is 0 Å². The number of furan rings is 1. The molecule has 0 spiro atoms. The van der Waals surface area contributed by atoms with E-state index in [1.807, 2.05) is 19.1 Å². The van der Waals surface area contributed by atoms with Gasteiger partial charge < -0.3 is 25.5 Å². The predicted molar refractivity (Wildman–Crippen MR) is 112 cm³/mol. The van der Waals surface area contributed by atoms with Crippen LogP contribution in [0.3, 0.4) is 0 Å². The van der Waals surface area contributed by atoms with Crippen LogP contribution in [0.25, 0.3) is 0 Å². The summed E-state index contributed by atoms with van der Waals surface area (Å²) in [6.07, 6.45) is 2.37. The highest BCUT2D eigenvalue weighted by atomic mass is 127. The molecule has 0 saturated carbocycles. The summed E-state index contributed by atoms with van der Waals surface area (Å²) in [4.78, 5) is 16.4. The minimum Gasteiger partial charge on any atom is -0.508 e. The van der Waals surface area contributed by atoms with E-state index in [-0.39, 0.29) is 35.6 Å². The number of benzene rings is 1. The first-order chi connectivity index (χ1) is 12.2. The maximum absolute atomic E-state index is 11.9. The molecule has 0 aliphatic carbocycles. The Morgan fingerprint density at radius 3 is 2.65 bits per heavy atom. The van der Waals surface area contributed by atoms with Crippen LogP contribution in [-0.2, 0) is 6.54 Å². The topological polar surface area (TPSA) is 98.9 Å². The maximum atomic E-state index is 11.9. The number of carbonyl (C=O) groups is 1. The number of nitrogens with zero attached hydrogens (tertiary/aromatic N) is 1. The lowest BCUT2D eigenvalue weighted by Crippen LogP contribution is -2.38.